The van der Waals surface area contributed by atoms with Gasteiger partial charge in [0, 0.05) is 37.7 Å². The highest BCUT2D eigenvalue weighted by atomic mass is 16.4. The Kier molecular flexibility index (Phi) is 3.04. The highest BCUT2D eigenvalue weighted by Gasteiger charge is 2.09. The molecule has 0 spiro atoms. The minimum atomic E-state index is -0.994. The van der Waals surface area contributed by atoms with Gasteiger partial charge in [-0.1, -0.05) is 0 Å². The van der Waals surface area contributed by atoms with Gasteiger partial charge in [0.2, 0.25) is 0 Å². The van der Waals surface area contributed by atoms with Crippen molar-refractivity contribution in [1.29, 1.82) is 0 Å². The maximum absolute atomic E-state index is 10.9. The average molecular weight is 232 g/mol. The van der Waals surface area contributed by atoms with E-state index in [0.29, 0.717) is 12.2 Å². The second-order valence-corrected chi connectivity index (χ2v) is 3.60. The van der Waals surface area contributed by atoms with Gasteiger partial charge in [-0.15, -0.1) is 0 Å². The van der Waals surface area contributed by atoms with E-state index in [1.54, 1.807) is 23.1 Å². The number of carbonyl (C=O) groups is 1. The van der Waals surface area contributed by atoms with E-state index in [9.17, 15) is 4.79 Å². The molecule has 0 saturated heterocycles. The lowest BCUT2D eigenvalue weighted by Gasteiger charge is -2.07. The number of rotatable bonds is 4. The van der Waals surface area contributed by atoms with E-state index in [1.165, 1.54) is 6.20 Å². The topological polar surface area (TPSA) is 80.0 Å². The molecule has 0 aromatic carbocycles. The number of anilines is 1. The first-order valence-electron chi connectivity index (χ1n) is 5.05. The zero-order chi connectivity index (χ0) is 12.3. The third kappa shape index (κ3) is 2.60. The van der Waals surface area contributed by atoms with Crippen molar-refractivity contribution >= 4 is 11.7 Å². The number of hydrogen-bond acceptors (Lipinski definition) is 4. The van der Waals surface area contributed by atoms with Gasteiger partial charge >= 0.3 is 5.97 Å². The van der Waals surface area contributed by atoms with E-state index >= 15 is 0 Å². The number of aryl methyl sites for hydroxylation is 1. The molecule has 0 amide bonds. The van der Waals surface area contributed by atoms with Gasteiger partial charge in [-0.05, 0) is 6.07 Å². The number of aromatic carboxylic acids is 1. The molecule has 2 N–H and O–H groups in total. The molecule has 0 unspecified atom stereocenters. The van der Waals surface area contributed by atoms with Gasteiger partial charge in [-0.3, -0.25) is 9.67 Å². The van der Waals surface area contributed by atoms with Crippen molar-refractivity contribution in [3.63, 3.8) is 0 Å². The van der Waals surface area contributed by atoms with Crippen LogP contribution in [0.15, 0.2) is 30.9 Å². The van der Waals surface area contributed by atoms with Crippen molar-refractivity contribution in [1.82, 2.24) is 14.8 Å². The second-order valence-electron chi connectivity index (χ2n) is 3.60. The van der Waals surface area contributed by atoms with Crippen molar-refractivity contribution in [2.75, 3.05) is 5.32 Å². The summed E-state index contributed by atoms with van der Waals surface area (Å²) in [5.41, 5.74) is 1.70. The molecule has 0 fully saturated rings. The van der Waals surface area contributed by atoms with Crippen LogP contribution < -0.4 is 5.32 Å². The molecule has 2 heterocycles. The third-order valence-corrected chi connectivity index (χ3v) is 2.29. The molecule has 2 aromatic heterocycles. The predicted octanol–water partition coefficient (Wildman–Crippen LogP) is 1.13. The fraction of sp³-hybridized carbons (Fsp3) is 0.182. The summed E-state index contributed by atoms with van der Waals surface area (Å²) in [5, 5.41) is 16.1. The summed E-state index contributed by atoms with van der Waals surface area (Å²) in [7, 11) is 1.83. The van der Waals surface area contributed by atoms with Crippen LogP contribution in [0.25, 0.3) is 0 Å². The monoisotopic (exact) mass is 232 g/mol. The number of carboxylic acids is 1. The molecule has 0 aliphatic heterocycles. The van der Waals surface area contributed by atoms with E-state index in [1.807, 2.05) is 13.2 Å². The average Bonchev–Trinajstić information content (AvgIpc) is 2.73. The van der Waals surface area contributed by atoms with E-state index in [4.69, 9.17) is 5.11 Å². The lowest BCUT2D eigenvalue weighted by molar-refractivity contribution is 0.0697. The number of nitrogens with zero attached hydrogens (tertiary/aromatic N) is 3. The van der Waals surface area contributed by atoms with Gasteiger partial charge < -0.3 is 10.4 Å². The van der Waals surface area contributed by atoms with Crippen LogP contribution in [0.3, 0.4) is 0 Å². The van der Waals surface area contributed by atoms with Crippen molar-refractivity contribution in [3.8, 4) is 0 Å². The molecule has 0 aliphatic carbocycles. The second kappa shape index (κ2) is 4.65. The molecule has 2 rings (SSSR count). The van der Waals surface area contributed by atoms with Crippen molar-refractivity contribution in [3.05, 3.63) is 42.0 Å². The van der Waals surface area contributed by atoms with Gasteiger partial charge in [0.1, 0.15) is 5.56 Å². The minimum Gasteiger partial charge on any atom is -0.478 e. The number of nitrogens with one attached hydrogen (secondary N) is 1. The quantitative estimate of drug-likeness (QED) is 0.825. The minimum absolute atomic E-state index is 0.163. The zero-order valence-corrected chi connectivity index (χ0v) is 9.29. The van der Waals surface area contributed by atoms with Gasteiger partial charge in [-0.2, -0.15) is 5.10 Å². The fourth-order valence-corrected chi connectivity index (χ4v) is 1.48. The predicted molar refractivity (Wildman–Crippen MR) is 61.7 cm³/mol. The maximum atomic E-state index is 10.9. The summed E-state index contributed by atoms with van der Waals surface area (Å²) < 4.78 is 1.70. The Labute approximate surface area is 97.9 Å². The van der Waals surface area contributed by atoms with Gasteiger partial charge in [0.25, 0.3) is 0 Å². The van der Waals surface area contributed by atoms with Crippen LogP contribution in [-0.2, 0) is 13.6 Å². The number of carboxylic acid groups (broad SMARTS) is 1. The molecular formula is C11H12N4O2. The Balaban J connectivity index is 2.11. The number of hydrogen-bond donors (Lipinski definition) is 2. The molecule has 0 atom stereocenters. The van der Waals surface area contributed by atoms with E-state index < -0.39 is 5.97 Å². The Morgan fingerprint density at radius 2 is 2.35 bits per heavy atom. The van der Waals surface area contributed by atoms with Crippen LogP contribution in [0.2, 0.25) is 0 Å². The summed E-state index contributed by atoms with van der Waals surface area (Å²) in [4.78, 5) is 14.7. The largest absolute Gasteiger partial charge is 0.478 e. The summed E-state index contributed by atoms with van der Waals surface area (Å²) in [6.07, 6.45) is 6.48. The van der Waals surface area contributed by atoms with Crippen LogP contribution in [-0.4, -0.2) is 25.8 Å². The molecule has 88 valence electrons. The third-order valence-electron chi connectivity index (χ3n) is 2.29. The summed E-state index contributed by atoms with van der Waals surface area (Å²) >= 11 is 0. The van der Waals surface area contributed by atoms with Gasteiger partial charge in [0.05, 0.1) is 11.9 Å². The highest BCUT2D eigenvalue weighted by Crippen LogP contribution is 2.14. The van der Waals surface area contributed by atoms with E-state index in [0.717, 1.165) is 5.56 Å². The van der Waals surface area contributed by atoms with Crippen LogP contribution in [0.4, 0.5) is 5.69 Å². The zero-order valence-electron chi connectivity index (χ0n) is 9.29. The molecule has 6 nitrogen and oxygen atoms in total. The Hall–Kier alpha value is -2.37. The van der Waals surface area contributed by atoms with Crippen LogP contribution >= 0.6 is 0 Å². The van der Waals surface area contributed by atoms with Gasteiger partial charge in [-0.25, -0.2) is 4.79 Å². The lowest BCUT2D eigenvalue weighted by atomic mass is 10.2. The standard InChI is InChI=1S/C11H12N4O2/c1-15-7-8(5-14-15)4-13-10-2-3-12-6-9(10)11(16)17/h2-3,5-7H,4H2,1H3,(H,12,13)(H,16,17). The van der Waals surface area contributed by atoms with Gasteiger partial charge in [0.15, 0.2) is 0 Å². The summed E-state index contributed by atoms with van der Waals surface area (Å²) in [5.74, 6) is -0.994. The van der Waals surface area contributed by atoms with Crippen molar-refractivity contribution in [2.24, 2.45) is 7.05 Å². The van der Waals surface area contributed by atoms with E-state index in [2.05, 4.69) is 15.4 Å². The molecule has 17 heavy (non-hydrogen) atoms. The summed E-state index contributed by atoms with van der Waals surface area (Å²) in [6, 6.07) is 1.64. The molecular weight excluding hydrogens is 220 g/mol. The number of pyridine rings is 1. The molecule has 2 aromatic rings. The first-order chi connectivity index (χ1) is 8.16. The lowest BCUT2D eigenvalue weighted by Crippen LogP contribution is -2.06. The highest BCUT2D eigenvalue weighted by molar-refractivity contribution is 5.93. The molecule has 0 aliphatic rings. The Morgan fingerprint density at radius 3 is 3.00 bits per heavy atom. The fourth-order valence-electron chi connectivity index (χ4n) is 1.48. The Bertz CT molecular complexity index is 536. The molecule has 0 radical (unpaired) electrons. The first-order valence-corrected chi connectivity index (χ1v) is 5.05. The van der Waals surface area contributed by atoms with Crippen LogP contribution in [0.5, 0.6) is 0 Å². The smallest absolute Gasteiger partial charge is 0.339 e. The Morgan fingerprint density at radius 1 is 1.53 bits per heavy atom. The van der Waals surface area contributed by atoms with Crippen molar-refractivity contribution < 1.29 is 9.90 Å². The number of aromatic nitrogens is 3. The first kappa shape index (κ1) is 11.1. The van der Waals surface area contributed by atoms with Crippen molar-refractivity contribution in [2.45, 2.75) is 6.54 Å². The SMILES string of the molecule is Cn1cc(CNc2ccncc2C(=O)O)cn1. The molecule has 0 bridgehead atoms. The molecule has 6 heteroatoms. The normalized spacial score (nSPS) is 10.2. The van der Waals surface area contributed by atoms with E-state index in [-0.39, 0.29) is 5.56 Å². The van der Waals surface area contributed by atoms with Crippen LogP contribution in [0, 0.1) is 0 Å². The maximum Gasteiger partial charge on any atom is 0.339 e. The van der Waals surface area contributed by atoms with Crippen LogP contribution in [0.1, 0.15) is 15.9 Å². The molecule has 0 saturated carbocycles. The summed E-state index contributed by atoms with van der Waals surface area (Å²) in [6.45, 7) is 0.526.